The van der Waals surface area contributed by atoms with Crippen LogP contribution in [0.1, 0.15) is 27.2 Å². The van der Waals surface area contributed by atoms with E-state index in [2.05, 4.69) is 5.32 Å². The highest BCUT2D eigenvalue weighted by molar-refractivity contribution is 8.03. The highest BCUT2D eigenvalue weighted by Crippen LogP contribution is 2.51. The largest absolute Gasteiger partial charge is 0.477 e. The SMILES string of the molecule is CC(O)[C@H]1C(=O)N2C(C(=O)O)=C(S[C@@H]3CN[C@H](C(=O)N4CCN(C(=N)N)[C@H](C)C4)C3)[C@H](C)[C@H]12. The molecule has 0 aromatic rings. The zero-order chi connectivity index (χ0) is 24.2. The van der Waals surface area contributed by atoms with Gasteiger partial charge >= 0.3 is 5.97 Å². The topological polar surface area (TPSA) is 163 Å². The zero-order valence-electron chi connectivity index (χ0n) is 19.0. The molecular formula is C21H32N6O5S. The van der Waals surface area contributed by atoms with Crippen LogP contribution in [0.4, 0.5) is 0 Å². The van der Waals surface area contributed by atoms with Gasteiger partial charge in [0.2, 0.25) is 11.8 Å². The molecule has 2 amide bonds. The Hall–Kier alpha value is -2.31. The van der Waals surface area contributed by atoms with Gasteiger partial charge < -0.3 is 36.0 Å². The maximum absolute atomic E-state index is 13.1. The van der Waals surface area contributed by atoms with E-state index in [1.54, 1.807) is 16.7 Å². The van der Waals surface area contributed by atoms with E-state index in [-0.39, 0.29) is 52.8 Å². The molecule has 4 aliphatic rings. The number of amides is 2. The molecule has 12 heteroatoms. The number of aliphatic hydroxyl groups is 1. The monoisotopic (exact) mass is 480 g/mol. The highest BCUT2D eigenvalue weighted by atomic mass is 32.2. The number of nitrogens with zero attached hydrogens (tertiary/aromatic N) is 3. The van der Waals surface area contributed by atoms with Gasteiger partial charge in [0.15, 0.2) is 5.96 Å². The summed E-state index contributed by atoms with van der Waals surface area (Å²) in [5, 5.41) is 30.7. The summed E-state index contributed by atoms with van der Waals surface area (Å²) < 4.78 is 0. The van der Waals surface area contributed by atoms with Gasteiger partial charge in [0.05, 0.1) is 24.1 Å². The Labute approximate surface area is 196 Å². The number of piperazine rings is 1. The van der Waals surface area contributed by atoms with E-state index in [9.17, 15) is 24.6 Å². The number of aliphatic hydroxyl groups excluding tert-OH is 1. The van der Waals surface area contributed by atoms with E-state index >= 15 is 0 Å². The predicted octanol–water partition coefficient (Wildman–Crippen LogP) is -0.970. The van der Waals surface area contributed by atoms with Crippen molar-refractivity contribution in [2.24, 2.45) is 17.6 Å². The van der Waals surface area contributed by atoms with E-state index in [4.69, 9.17) is 11.1 Å². The lowest BCUT2D eigenvalue weighted by Gasteiger charge is -2.46. The van der Waals surface area contributed by atoms with Crippen molar-refractivity contribution in [3.63, 3.8) is 0 Å². The molecule has 33 heavy (non-hydrogen) atoms. The number of carbonyl (C=O) groups excluding carboxylic acids is 2. The van der Waals surface area contributed by atoms with Crippen LogP contribution in [0.3, 0.4) is 0 Å². The van der Waals surface area contributed by atoms with Crippen molar-refractivity contribution in [2.75, 3.05) is 26.2 Å². The van der Waals surface area contributed by atoms with Gasteiger partial charge in [0.1, 0.15) is 5.70 Å². The minimum atomic E-state index is -1.14. The lowest BCUT2D eigenvalue weighted by molar-refractivity contribution is -0.163. The van der Waals surface area contributed by atoms with E-state index in [1.165, 1.54) is 16.7 Å². The Balaban J connectivity index is 1.41. The van der Waals surface area contributed by atoms with Crippen LogP contribution in [-0.2, 0) is 14.4 Å². The maximum Gasteiger partial charge on any atom is 0.353 e. The number of hydrogen-bond donors (Lipinski definition) is 5. The first-order valence-electron chi connectivity index (χ1n) is 11.3. The first kappa shape index (κ1) is 23.8. The molecule has 3 saturated heterocycles. The zero-order valence-corrected chi connectivity index (χ0v) is 19.8. The van der Waals surface area contributed by atoms with Gasteiger partial charge in [-0.15, -0.1) is 11.8 Å². The fourth-order valence-corrected chi connectivity index (χ4v) is 7.05. The average molecular weight is 481 g/mol. The van der Waals surface area contributed by atoms with Gasteiger partial charge in [-0.25, -0.2) is 4.79 Å². The van der Waals surface area contributed by atoms with Crippen molar-refractivity contribution in [3.05, 3.63) is 10.6 Å². The first-order valence-corrected chi connectivity index (χ1v) is 12.2. The number of fused-ring (bicyclic) bond motifs is 1. The van der Waals surface area contributed by atoms with Crippen LogP contribution in [0.25, 0.3) is 0 Å². The number of hydrogen-bond acceptors (Lipinski definition) is 7. The van der Waals surface area contributed by atoms with Crippen LogP contribution >= 0.6 is 11.8 Å². The van der Waals surface area contributed by atoms with Gasteiger partial charge in [-0.05, 0) is 20.3 Å². The van der Waals surface area contributed by atoms with Crippen molar-refractivity contribution in [1.82, 2.24) is 20.0 Å². The summed E-state index contributed by atoms with van der Waals surface area (Å²) >= 11 is 1.43. The molecule has 4 heterocycles. The van der Waals surface area contributed by atoms with Gasteiger partial charge in [0.25, 0.3) is 0 Å². The third-order valence-corrected chi connectivity index (χ3v) is 8.75. The quantitative estimate of drug-likeness (QED) is 0.189. The number of nitrogens with two attached hydrogens (primary N) is 1. The first-order chi connectivity index (χ1) is 15.5. The summed E-state index contributed by atoms with van der Waals surface area (Å²) in [6.07, 6.45) is -0.270. The highest BCUT2D eigenvalue weighted by Gasteiger charge is 2.60. The molecule has 3 fully saturated rings. The molecule has 4 rings (SSSR count). The Morgan fingerprint density at radius 1 is 1.30 bits per heavy atom. The molecule has 0 radical (unpaired) electrons. The minimum Gasteiger partial charge on any atom is -0.477 e. The summed E-state index contributed by atoms with van der Waals surface area (Å²) in [5.74, 6) is -2.23. The number of guanidine groups is 1. The van der Waals surface area contributed by atoms with Crippen molar-refractivity contribution in [1.29, 1.82) is 5.41 Å². The summed E-state index contributed by atoms with van der Waals surface area (Å²) in [6.45, 7) is 7.49. The summed E-state index contributed by atoms with van der Waals surface area (Å²) in [5.41, 5.74) is 5.62. The van der Waals surface area contributed by atoms with Crippen LogP contribution < -0.4 is 11.1 Å². The third-order valence-electron chi connectivity index (χ3n) is 7.24. The number of β-lactam (4-membered cyclic amide) rings is 1. The molecule has 1 unspecified atom stereocenters. The molecule has 0 saturated carbocycles. The molecule has 4 aliphatic heterocycles. The molecule has 6 N–H and O–H groups in total. The minimum absolute atomic E-state index is 0.000448. The Bertz CT molecular complexity index is 910. The fourth-order valence-electron chi connectivity index (χ4n) is 5.58. The van der Waals surface area contributed by atoms with Crippen molar-refractivity contribution < 1.29 is 24.6 Å². The average Bonchev–Trinajstić information content (AvgIpc) is 3.29. The number of rotatable bonds is 5. The van der Waals surface area contributed by atoms with E-state index in [1.807, 2.05) is 13.8 Å². The van der Waals surface area contributed by atoms with Crippen molar-refractivity contribution in [2.45, 2.75) is 56.7 Å². The summed E-state index contributed by atoms with van der Waals surface area (Å²) in [6, 6.07) is -0.719. The molecule has 0 aliphatic carbocycles. The number of nitrogens with one attached hydrogen (secondary N) is 2. The number of carbonyl (C=O) groups is 3. The van der Waals surface area contributed by atoms with Gasteiger partial charge in [-0.2, -0.15) is 0 Å². The Morgan fingerprint density at radius 3 is 2.58 bits per heavy atom. The maximum atomic E-state index is 13.1. The normalized spacial score (nSPS) is 34.9. The van der Waals surface area contributed by atoms with Crippen LogP contribution in [0.2, 0.25) is 0 Å². The molecule has 11 nitrogen and oxygen atoms in total. The molecule has 0 aromatic carbocycles. The van der Waals surface area contributed by atoms with Gasteiger partial charge in [0, 0.05) is 48.3 Å². The van der Waals surface area contributed by atoms with Crippen molar-refractivity contribution in [3.8, 4) is 0 Å². The lowest BCUT2D eigenvalue weighted by Crippen LogP contribution is -2.63. The van der Waals surface area contributed by atoms with E-state index < -0.39 is 18.0 Å². The van der Waals surface area contributed by atoms with Crippen LogP contribution in [-0.4, -0.2) is 104 Å². The molecule has 7 atom stereocenters. The van der Waals surface area contributed by atoms with E-state index in [0.29, 0.717) is 37.5 Å². The number of thioether (sulfide) groups is 1. The summed E-state index contributed by atoms with van der Waals surface area (Å²) in [4.78, 5) is 43.1. The molecule has 0 aromatic heterocycles. The molecule has 0 bridgehead atoms. The smallest absolute Gasteiger partial charge is 0.353 e. The Morgan fingerprint density at radius 2 is 2.00 bits per heavy atom. The fraction of sp³-hybridized carbons (Fsp3) is 0.714. The van der Waals surface area contributed by atoms with E-state index in [0.717, 1.165) is 0 Å². The summed E-state index contributed by atoms with van der Waals surface area (Å²) in [7, 11) is 0. The second kappa shape index (κ2) is 8.80. The molecular weight excluding hydrogens is 448 g/mol. The van der Waals surface area contributed by atoms with Crippen molar-refractivity contribution >= 4 is 35.5 Å². The lowest BCUT2D eigenvalue weighted by atomic mass is 9.79. The second-order valence-electron chi connectivity index (χ2n) is 9.42. The van der Waals surface area contributed by atoms with Crippen LogP contribution in [0, 0.1) is 17.2 Å². The Kier molecular flexibility index (Phi) is 6.36. The standard InChI is InChI=1S/C21H32N6O5S/c1-9-8-25(4-5-26(9)21(22)23)18(29)13-6-12(7-24-13)33-17-10(2)15-14(11(3)28)19(30)27(15)16(17)20(31)32/h9-15,24,28H,4-8H2,1-3H3,(H3,22,23)(H,31,32)/t9-,10-,11?,12+,13+,14-,15-/m1/s1. The number of carboxylic acid groups (broad SMARTS) is 1. The molecule has 0 spiro atoms. The second-order valence-corrected chi connectivity index (χ2v) is 10.8. The van der Waals surface area contributed by atoms with Gasteiger partial charge in [-0.1, -0.05) is 6.92 Å². The third kappa shape index (κ3) is 3.97. The molecule has 182 valence electrons. The van der Waals surface area contributed by atoms with Crippen LogP contribution in [0.5, 0.6) is 0 Å². The predicted molar refractivity (Wildman–Crippen MR) is 122 cm³/mol. The van der Waals surface area contributed by atoms with Crippen LogP contribution in [0.15, 0.2) is 10.6 Å². The van der Waals surface area contributed by atoms with Gasteiger partial charge in [-0.3, -0.25) is 15.0 Å². The number of aliphatic carboxylic acids is 1. The number of carboxylic acids is 1.